The predicted molar refractivity (Wildman–Crippen MR) is 111 cm³/mol. The van der Waals surface area contributed by atoms with Crippen molar-refractivity contribution >= 4 is 27.6 Å². The van der Waals surface area contributed by atoms with Crippen molar-refractivity contribution in [3.05, 3.63) is 59.8 Å². The van der Waals surface area contributed by atoms with Crippen molar-refractivity contribution in [1.29, 1.82) is 0 Å². The Morgan fingerprint density at radius 3 is 2.39 bits per heavy atom. The first kappa shape index (κ1) is 20.3. The quantitative estimate of drug-likeness (QED) is 0.494. The normalized spacial score (nSPS) is 12.5. The van der Waals surface area contributed by atoms with Crippen LogP contribution in [-0.2, 0) is 11.2 Å². The van der Waals surface area contributed by atoms with Gasteiger partial charge in [0.2, 0.25) is 0 Å². The van der Waals surface area contributed by atoms with Gasteiger partial charge in [-0.15, -0.1) is 0 Å². The number of hydrogen-bond donors (Lipinski definition) is 3. The highest BCUT2D eigenvalue weighted by atomic mass is 32.3. The number of aromatic nitrogens is 1. The second-order valence-corrected chi connectivity index (χ2v) is 8.90. The van der Waals surface area contributed by atoms with Crippen LogP contribution in [-0.4, -0.2) is 31.3 Å². The van der Waals surface area contributed by atoms with Gasteiger partial charge in [-0.25, -0.2) is 3.97 Å². The van der Waals surface area contributed by atoms with E-state index >= 15 is 0 Å². The van der Waals surface area contributed by atoms with E-state index in [4.69, 9.17) is 9.84 Å². The zero-order valence-corrected chi connectivity index (χ0v) is 16.9. The van der Waals surface area contributed by atoms with Gasteiger partial charge in [0, 0.05) is 18.0 Å². The SMILES string of the molecule is COc1ccc2c(c1)c(CCC(=O)O)cn2S(O)(O)c1ccc(C(C)C)cc1. The van der Waals surface area contributed by atoms with Gasteiger partial charge in [-0.1, -0.05) is 36.8 Å². The largest absolute Gasteiger partial charge is 0.497 e. The minimum Gasteiger partial charge on any atom is -0.497 e. The predicted octanol–water partition coefficient (Wildman–Crippen LogP) is 5.36. The smallest absolute Gasteiger partial charge is 0.303 e. The molecule has 150 valence electrons. The van der Waals surface area contributed by atoms with Gasteiger partial charge in [-0.05, 0) is 53.8 Å². The highest BCUT2D eigenvalue weighted by Gasteiger charge is 2.23. The summed E-state index contributed by atoms with van der Waals surface area (Å²) < 4.78 is 28.8. The summed E-state index contributed by atoms with van der Waals surface area (Å²) in [7, 11) is -1.76. The molecular formula is C21H25NO5S. The molecule has 0 amide bonds. The molecule has 1 aromatic heterocycles. The van der Waals surface area contributed by atoms with Crippen LogP contribution >= 0.6 is 10.8 Å². The first-order valence-electron chi connectivity index (χ1n) is 9.02. The number of hydrogen-bond acceptors (Lipinski definition) is 4. The van der Waals surface area contributed by atoms with Gasteiger partial charge in [0.05, 0.1) is 17.5 Å². The Kier molecular flexibility index (Phi) is 5.69. The molecule has 7 heteroatoms. The molecule has 0 aliphatic heterocycles. The first-order chi connectivity index (χ1) is 13.2. The van der Waals surface area contributed by atoms with Gasteiger partial charge in [0.1, 0.15) is 5.75 Å². The monoisotopic (exact) mass is 403 g/mol. The molecule has 0 spiro atoms. The summed E-state index contributed by atoms with van der Waals surface area (Å²) in [6, 6.07) is 12.6. The van der Waals surface area contributed by atoms with E-state index in [0.717, 1.165) is 16.5 Å². The summed E-state index contributed by atoms with van der Waals surface area (Å²) >= 11 is 0. The average Bonchev–Trinajstić information content (AvgIpc) is 3.05. The van der Waals surface area contributed by atoms with E-state index in [-0.39, 0.29) is 12.8 Å². The molecule has 0 radical (unpaired) electrons. The lowest BCUT2D eigenvalue weighted by atomic mass is 10.0. The molecule has 3 N–H and O–H groups in total. The number of carboxylic acid groups (broad SMARTS) is 1. The van der Waals surface area contributed by atoms with Gasteiger partial charge < -0.3 is 9.84 Å². The van der Waals surface area contributed by atoms with Gasteiger partial charge in [-0.3, -0.25) is 13.9 Å². The third kappa shape index (κ3) is 3.87. The Labute approximate surface area is 165 Å². The molecule has 0 aliphatic rings. The second kappa shape index (κ2) is 7.87. The van der Waals surface area contributed by atoms with Crippen LogP contribution in [0.5, 0.6) is 5.75 Å². The lowest BCUT2D eigenvalue weighted by Crippen LogP contribution is -2.08. The maximum Gasteiger partial charge on any atom is 0.303 e. The zero-order valence-electron chi connectivity index (χ0n) is 16.1. The molecule has 3 aromatic rings. The van der Waals surface area contributed by atoms with E-state index in [1.54, 1.807) is 43.6 Å². The first-order valence-corrected chi connectivity index (χ1v) is 10.5. The van der Waals surface area contributed by atoms with Crippen LogP contribution < -0.4 is 4.74 Å². The van der Waals surface area contributed by atoms with Crippen molar-refractivity contribution in [2.75, 3.05) is 7.11 Å². The fourth-order valence-electron chi connectivity index (χ4n) is 3.17. The maximum atomic E-state index is 11.1. The third-order valence-electron chi connectivity index (χ3n) is 4.81. The summed E-state index contributed by atoms with van der Waals surface area (Å²) in [6.07, 6.45) is 1.88. The van der Waals surface area contributed by atoms with E-state index in [1.165, 1.54) is 3.97 Å². The number of rotatable bonds is 7. The van der Waals surface area contributed by atoms with Crippen LogP contribution in [0.1, 0.15) is 37.3 Å². The maximum absolute atomic E-state index is 11.1. The van der Waals surface area contributed by atoms with E-state index in [9.17, 15) is 13.9 Å². The van der Waals surface area contributed by atoms with Crippen molar-refractivity contribution in [3.8, 4) is 5.75 Å². The standard InChI is InChI=1S/C21H25NO5S/c1-14(2)15-4-8-18(9-5-15)28(25,26)22-13-16(6-11-21(23)24)19-12-17(27-3)7-10-20(19)22/h4-5,7-10,12-14,25-26H,6,11H2,1-3H3,(H,23,24). The van der Waals surface area contributed by atoms with Crippen molar-refractivity contribution in [3.63, 3.8) is 0 Å². The lowest BCUT2D eigenvalue weighted by Gasteiger charge is -2.34. The van der Waals surface area contributed by atoms with Crippen molar-refractivity contribution in [2.45, 2.75) is 37.5 Å². The number of ether oxygens (including phenoxy) is 1. The molecule has 6 nitrogen and oxygen atoms in total. The number of fused-ring (bicyclic) bond motifs is 1. The van der Waals surface area contributed by atoms with E-state index in [1.807, 2.05) is 12.1 Å². The number of carbonyl (C=O) groups is 1. The number of benzene rings is 2. The minimum atomic E-state index is -3.32. The Morgan fingerprint density at radius 1 is 1.14 bits per heavy atom. The van der Waals surface area contributed by atoms with Crippen LogP contribution in [0.15, 0.2) is 53.6 Å². The van der Waals surface area contributed by atoms with Crippen LogP contribution in [0.4, 0.5) is 0 Å². The summed E-state index contributed by atoms with van der Waals surface area (Å²) in [4.78, 5) is 11.4. The summed E-state index contributed by atoms with van der Waals surface area (Å²) in [5, 5.41) is 9.79. The molecule has 0 aliphatic carbocycles. The number of nitrogens with zero attached hydrogens (tertiary/aromatic N) is 1. The molecule has 28 heavy (non-hydrogen) atoms. The number of methoxy groups -OCH3 is 1. The topological polar surface area (TPSA) is 91.9 Å². The Balaban J connectivity index is 2.11. The van der Waals surface area contributed by atoms with Gasteiger partial charge in [0.15, 0.2) is 0 Å². The van der Waals surface area contributed by atoms with Gasteiger partial charge in [0.25, 0.3) is 0 Å². The molecule has 0 atom stereocenters. The Bertz CT molecular complexity index is 992. The molecule has 3 rings (SSSR count). The summed E-state index contributed by atoms with van der Waals surface area (Å²) in [6.45, 7) is 4.16. The Morgan fingerprint density at radius 2 is 1.82 bits per heavy atom. The molecule has 0 bridgehead atoms. The summed E-state index contributed by atoms with van der Waals surface area (Å²) in [5.41, 5.74) is 2.47. The average molecular weight is 404 g/mol. The molecule has 0 saturated carbocycles. The van der Waals surface area contributed by atoms with Crippen molar-refractivity contribution in [2.24, 2.45) is 0 Å². The fourth-order valence-corrected chi connectivity index (χ4v) is 4.61. The molecule has 2 aromatic carbocycles. The third-order valence-corrected chi connectivity index (χ3v) is 6.56. The van der Waals surface area contributed by atoms with Gasteiger partial charge >= 0.3 is 5.97 Å². The Hall–Kier alpha value is -2.48. The van der Waals surface area contributed by atoms with Crippen LogP contribution in [0.25, 0.3) is 10.9 Å². The number of carboxylic acids is 1. The van der Waals surface area contributed by atoms with E-state index < -0.39 is 16.7 Å². The molecular weight excluding hydrogens is 378 g/mol. The molecule has 0 saturated heterocycles. The molecule has 1 heterocycles. The summed E-state index contributed by atoms with van der Waals surface area (Å²) in [5.74, 6) is 0.0672. The van der Waals surface area contributed by atoms with Crippen molar-refractivity contribution in [1.82, 2.24) is 3.97 Å². The molecule has 0 unspecified atom stereocenters. The fraction of sp³-hybridized carbons (Fsp3) is 0.286. The zero-order chi connectivity index (χ0) is 20.5. The van der Waals surface area contributed by atoms with Crippen LogP contribution in [0.3, 0.4) is 0 Å². The highest BCUT2D eigenvalue weighted by molar-refractivity contribution is 8.23. The number of aryl methyl sites for hydroxylation is 1. The van der Waals surface area contributed by atoms with E-state index in [2.05, 4.69) is 13.8 Å². The van der Waals surface area contributed by atoms with E-state index in [0.29, 0.717) is 22.1 Å². The van der Waals surface area contributed by atoms with Crippen molar-refractivity contribution < 1.29 is 23.7 Å². The minimum absolute atomic E-state index is 0.0431. The lowest BCUT2D eigenvalue weighted by molar-refractivity contribution is -0.136. The highest BCUT2D eigenvalue weighted by Crippen LogP contribution is 2.52. The van der Waals surface area contributed by atoms with Crippen LogP contribution in [0, 0.1) is 0 Å². The molecule has 0 fully saturated rings. The second-order valence-electron chi connectivity index (χ2n) is 7.00. The number of aliphatic carboxylic acids is 1. The van der Waals surface area contributed by atoms with Gasteiger partial charge in [-0.2, -0.15) is 0 Å². The van der Waals surface area contributed by atoms with Crippen LogP contribution in [0.2, 0.25) is 0 Å².